The number of likely N-dealkylation sites (tertiary alicyclic amines) is 1. The fourth-order valence-corrected chi connectivity index (χ4v) is 4.31. The van der Waals surface area contributed by atoms with E-state index in [2.05, 4.69) is 4.98 Å². The fraction of sp³-hybridized carbons (Fsp3) is 0.278. The molecule has 0 radical (unpaired) electrons. The second-order valence-electron chi connectivity index (χ2n) is 6.13. The summed E-state index contributed by atoms with van der Waals surface area (Å²) in [7, 11) is 0. The Hall–Kier alpha value is -2.18. The zero-order valence-electron chi connectivity index (χ0n) is 13.4. The first kappa shape index (κ1) is 16.3. The van der Waals surface area contributed by atoms with Gasteiger partial charge in [0.2, 0.25) is 0 Å². The highest BCUT2D eigenvalue weighted by atomic mass is 35.5. The quantitative estimate of drug-likeness (QED) is 0.689. The molecule has 4 rings (SSSR count). The van der Waals surface area contributed by atoms with Crippen molar-refractivity contribution in [1.82, 2.24) is 14.5 Å². The molecule has 0 unspecified atom stereocenters. The van der Waals surface area contributed by atoms with Crippen molar-refractivity contribution in [2.75, 3.05) is 13.1 Å². The lowest BCUT2D eigenvalue weighted by molar-refractivity contribution is 0.0682. The first-order valence-corrected chi connectivity index (χ1v) is 9.33. The molecule has 1 atom stereocenters. The topological polar surface area (TPSA) is 55.2 Å². The number of hydrogen-bond donors (Lipinski definition) is 0. The van der Waals surface area contributed by atoms with E-state index in [-0.39, 0.29) is 17.5 Å². The summed E-state index contributed by atoms with van der Waals surface area (Å²) in [6.07, 6.45) is 3.31. The molecule has 0 N–H and O–H groups in total. The second-order valence-corrected chi connectivity index (χ2v) is 7.84. The molecule has 5 nitrogen and oxygen atoms in total. The van der Waals surface area contributed by atoms with E-state index in [1.807, 2.05) is 18.2 Å². The highest BCUT2D eigenvalue weighted by Crippen LogP contribution is 2.26. The average Bonchev–Trinajstić information content (AvgIpc) is 3.08. The van der Waals surface area contributed by atoms with Crippen molar-refractivity contribution in [2.24, 2.45) is 0 Å². The van der Waals surface area contributed by atoms with Crippen LogP contribution < -0.4 is 5.56 Å². The third-order valence-corrected chi connectivity index (χ3v) is 5.77. The van der Waals surface area contributed by atoms with Gasteiger partial charge < -0.3 is 4.90 Å². The molecule has 1 amide bonds. The van der Waals surface area contributed by atoms with Gasteiger partial charge in [-0.1, -0.05) is 23.7 Å². The summed E-state index contributed by atoms with van der Waals surface area (Å²) < 4.78 is 2.27. The van der Waals surface area contributed by atoms with Crippen molar-refractivity contribution < 1.29 is 4.79 Å². The van der Waals surface area contributed by atoms with E-state index >= 15 is 0 Å². The highest BCUT2D eigenvalue weighted by molar-refractivity contribution is 7.17. The number of hydrogen-bond acceptors (Lipinski definition) is 4. The van der Waals surface area contributed by atoms with Gasteiger partial charge in [0.25, 0.3) is 11.5 Å². The smallest absolute Gasteiger partial charge is 0.264 e. The van der Waals surface area contributed by atoms with Gasteiger partial charge >= 0.3 is 0 Å². The first-order valence-electron chi connectivity index (χ1n) is 8.14. The number of aromatic nitrogens is 2. The van der Waals surface area contributed by atoms with Crippen LogP contribution >= 0.6 is 22.9 Å². The predicted molar refractivity (Wildman–Crippen MR) is 99.5 cm³/mol. The molecule has 128 valence electrons. The maximum absolute atomic E-state index is 12.8. The molecule has 1 fully saturated rings. The maximum Gasteiger partial charge on any atom is 0.264 e. The number of fused-ring (bicyclic) bond motifs is 1. The van der Waals surface area contributed by atoms with E-state index in [1.165, 1.54) is 11.3 Å². The van der Waals surface area contributed by atoms with E-state index in [0.29, 0.717) is 33.2 Å². The summed E-state index contributed by atoms with van der Waals surface area (Å²) in [5.41, 5.74) is 0.643. The van der Waals surface area contributed by atoms with Crippen LogP contribution in [-0.2, 0) is 0 Å². The van der Waals surface area contributed by atoms with Crippen LogP contribution in [0, 0.1) is 0 Å². The summed E-state index contributed by atoms with van der Waals surface area (Å²) in [4.78, 5) is 32.3. The molecular weight excluding hydrogens is 358 g/mol. The van der Waals surface area contributed by atoms with Crippen molar-refractivity contribution in [3.63, 3.8) is 0 Å². The largest absolute Gasteiger partial charge is 0.336 e. The van der Waals surface area contributed by atoms with Crippen molar-refractivity contribution >= 4 is 39.7 Å². The van der Waals surface area contributed by atoms with Gasteiger partial charge in [0, 0.05) is 13.1 Å². The molecule has 2 aromatic heterocycles. The molecule has 1 aliphatic rings. The minimum atomic E-state index is -0.0576. The van der Waals surface area contributed by atoms with Gasteiger partial charge in [-0.2, -0.15) is 0 Å². The summed E-state index contributed by atoms with van der Waals surface area (Å²) in [6.45, 7) is 1.20. The Bertz CT molecular complexity index is 997. The lowest BCUT2D eigenvalue weighted by Gasteiger charge is -2.33. The number of rotatable bonds is 2. The highest BCUT2D eigenvalue weighted by Gasteiger charge is 2.27. The molecular formula is C18H16ClN3O2S. The van der Waals surface area contributed by atoms with Gasteiger partial charge in [-0.3, -0.25) is 14.2 Å². The number of carbonyl (C=O) groups is 1. The minimum Gasteiger partial charge on any atom is -0.336 e. The van der Waals surface area contributed by atoms with Crippen LogP contribution in [-0.4, -0.2) is 33.4 Å². The number of thiophene rings is 1. The lowest BCUT2D eigenvalue weighted by atomic mass is 10.0. The van der Waals surface area contributed by atoms with Crippen molar-refractivity contribution in [3.8, 4) is 0 Å². The minimum absolute atomic E-state index is 0.0246. The first-order chi connectivity index (χ1) is 12.1. The average molecular weight is 374 g/mol. The Kier molecular flexibility index (Phi) is 4.31. The van der Waals surface area contributed by atoms with Crippen LogP contribution in [0.4, 0.5) is 0 Å². The van der Waals surface area contributed by atoms with E-state index in [9.17, 15) is 9.59 Å². The molecule has 3 heterocycles. The summed E-state index contributed by atoms with van der Waals surface area (Å²) in [6, 6.07) is 10.8. The maximum atomic E-state index is 12.8. The number of benzene rings is 1. The third kappa shape index (κ3) is 3.07. The van der Waals surface area contributed by atoms with Crippen molar-refractivity contribution in [1.29, 1.82) is 0 Å². The second kappa shape index (κ2) is 6.61. The summed E-state index contributed by atoms with van der Waals surface area (Å²) in [5.74, 6) is -0.0246. The monoisotopic (exact) mass is 373 g/mol. The molecule has 0 bridgehead atoms. The van der Waals surface area contributed by atoms with Crippen molar-refractivity contribution in [3.05, 3.63) is 62.3 Å². The number of carbonyl (C=O) groups excluding carboxylic acids is 1. The SMILES string of the molecule is O=C(c1ccc(Cl)s1)N1CCC[C@@H](n2cnc3ccccc3c2=O)C1. The van der Waals surface area contributed by atoms with Gasteiger partial charge in [-0.05, 0) is 37.1 Å². The van der Waals surface area contributed by atoms with Crippen LogP contribution in [0.15, 0.2) is 47.5 Å². The van der Waals surface area contributed by atoms with Crippen molar-refractivity contribution in [2.45, 2.75) is 18.9 Å². The number of halogens is 1. The molecule has 0 spiro atoms. The van der Waals surface area contributed by atoms with Gasteiger partial charge in [0.1, 0.15) is 0 Å². The molecule has 1 aromatic carbocycles. The van der Waals surface area contributed by atoms with E-state index < -0.39 is 0 Å². The van der Waals surface area contributed by atoms with Crippen LogP contribution in [0.3, 0.4) is 0 Å². The van der Waals surface area contributed by atoms with Crippen LogP contribution in [0.1, 0.15) is 28.6 Å². The molecule has 0 aliphatic carbocycles. The van der Waals surface area contributed by atoms with Gasteiger partial charge in [0.05, 0.1) is 32.5 Å². The van der Waals surface area contributed by atoms with Crippen LogP contribution in [0.2, 0.25) is 4.34 Å². The number of para-hydroxylation sites is 1. The molecule has 1 saturated heterocycles. The zero-order chi connectivity index (χ0) is 17.4. The lowest BCUT2D eigenvalue weighted by Crippen LogP contribution is -2.42. The summed E-state index contributed by atoms with van der Waals surface area (Å²) >= 11 is 7.22. The van der Waals surface area contributed by atoms with Gasteiger partial charge in [0.15, 0.2) is 0 Å². The molecule has 25 heavy (non-hydrogen) atoms. The van der Waals surface area contributed by atoms with Crippen LogP contribution in [0.25, 0.3) is 10.9 Å². The Morgan fingerprint density at radius 1 is 1.24 bits per heavy atom. The van der Waals surface area contributed by atoms with E-state index in [1.54, 1.807) is 34.0 Å². The fourth-order valence-electron chi connectivity index (χ4n) is 3.29. The number of nitrogens with zero attached hydrogens (tertiary/aromatic N) is 3. The number of amides is 1. The predicted octanol–water partition coefficient (Wildman–Crippen LogP) is 3.59. The molecule has 1 aliphatic heterocycles. The van der Waals surface area contributed by atoms with E-state index in [0.717, 1.165) is 12.8 Å². The molecule has 0 saturated carbocycles. The summed E-state index contributed by atoms with van der Waals surface area (Å²) in [5, 5.41) is 0.610. The Morgan fingerprint density at radius 3 is 2.88 bits per heavy atom. The Labute approximate surface area is 153 Å². The van der Waals surface area contributed by atoms with Crippen LogP contribution in [0.5, 0.6) is 0 Å². The van der Waals surface area contributed by atoms with Gasteiger partial charge in [-0.25, -0.2) is 4.98 Å². The third-order valence-electron chi connectivity index (χ3n) is 4.55. The van der Waals surface area contributed by atoms with E-state index in [4.69, 9.17) is 11.6 Å². The Morgan fingerprint density at radius 2 is 2.08 bits per heavy atom. The zero-order valence-corrected chi connectivity index (χ0v) is 15.0. The standard InChI is InChI=1S/C18H16ClN3O2S/c19-16-8-7-15(25-16)18(24)21-9-3-4-12(10-21)22-11-20-14-6-2-1-5-13(14)17(22)23/h1-2,5-8,11-12H,3-4,9-10H2/t12-/m1/s1. The molecule has 3 aromatic rings. The number of piperidine rings is 1. The normalized spacial score (nSPS) is 17.8. The Balaban J connectivity index is 1.62. The molecule has 7 heteroatoms. The van der Waals surface area contributed by atoms with Gasteiger partial charge in [-0.15, -0.1) is 11.3 Å².